The van der Waals surface area contributed by atoms with Crippen LogP contribution in [-0.4, -0.2) is 4.57 Å². The fourth-order valence-corrected chi connectivity index (χ4v) is 7.10. The van der Waals surface area contributed by atoms with E-state index in [4.69, 9.17) is 0 Å². The summed E-state index contributed by atoms with van der Waals surface area (Å²) in [6.07, 6.45) is 0. The van der Waals surface area contributed by atoms with Crippen molar-refractivity contribution in [2.75, 3.05) is 4.90 Å². The molecule has 48 heavy (non-hydrogen) atoms. The van der Waals surface area contributed by atoms with E-state index in [1.807, 2.05) is 0 Å². The molecule has 0 aliphatic heterocycles. The van der Waals surface area contributed by atoms with E-state index in [-0.39, 0.29) is 0 Å². The van der Waals surface area contributed by atoms with Crippen molar-refractivity contribution >= 4 is 49.6 Å². The summed E-state index contributed by atoms with van der Waals surface area (Å²) in [7, 11) is 0. The number of aromatic nitrogens is 1. The second-order valence-electron chi connectivity index (χ2n) is 12.2. The van der Waals surface area contributed by atoms with Crippen molar-refractivity contribution in [2.45, 2.75) is 0 Å². The molecule has 0 N–H and O–H groups in total. The number of fused-ring (bicyclic) bond motifs is 4. The molecule has 0 radical (unpaired) electrons. The highest BCUT2D eigenvalue weighted by Gasteiger charge is 2.17. The highest BCUT2D eigenvalue weighted by atomic mass is 15.1. The molecule has 1 aromatic heterocycles. The van der Waals surface area contributed by atoms with E-state index >= 15 is 0 Å². The van der Waals surface area contributed by atoms with Gasteiger partial charge < -0.3 is 9.47 Å². The van der Waals surface area contributed by atoms with E-state index in [1.54, 1.807) is 0 Å². The fourth-order valence-electron chi connectivity index (χ4n) is 7.10. The van der Waals surface area contributed by atoms with Gasteiger partial charge in [0.1, 0.15) is 0 Å². The molecule has 226 valence electrons. The van der Waals surface area contributed by atoms with Crippen molar-refractivity contribution in [1.82, 2.24) is 4.57 Å². The van der Waals surface area contributed by atoms with Gasteiger partial charge in [-0.1, -0.05) is 133 Å². The normalized spacial score (nSPS) is 11.3. The predicted molar refractivity (Wildman–Crippen MR) is 204 cm³/mol. The first-order chi connectivity index (χ1) is 23.8. The minimum Gasteiger partial charge on any atom is -0.310 e. The van der Waals surface area contributed by atoms with Crippen LogP contribution >= 0.6 is 0 Å². The number of anilines is 3. The van der Waals surface area contributed by atoms with Crippen molar-refractivity contribution in [2.24, 2.45) is 0 Å². The monoisotopic (exact) mass is 612 g/mol. The molecule has 0 unspecified atom stereocenters. The minimum absolute atomic E-state index is 1.12. The Kier molecular flexibility index (Phi) is 6.84. The number of para-hydroxylation sites is 2. The van der Waals surface area contributed by atoms with Crippen molar-refractivity contribution < 1.29 is 0 Å². The Labute approximate surface area is 280 Å². The molecule has 2 heteroatoms. The van der Waals surface area contributed by atoms with E-state index < -0.39 is 0 Å². The van der Waals surface area contributed by atoms with Crippen molar-refractivity contribution in [3.05, 3.63) is 194 Å². The second kappa shape index (κ2) is 11.8. The van der Waals surface area contributed by atoms with Crippen LogP contribution in [0.15, 0.2) is 194 Å². The molecule has 9 aromatic rings. The van der Waals surface area contributed by atoms with E-state index in [1.165, 1.54) is 54.8 Å². The number of benzene rings is 8. The summed E-state index contributed by atoms with van der Waals surface area (Å²) in [5.41, 5.74) is 11.8. The highest BCUT2D eigenvalue weighted by Crippen LogP contribution is 2.40. The molecule has 0 spiro atoms. The molecule has 9 rings (SSSR count). The smallest absolute Gasteiger partial charge is 0.0541 e. The lowest BCUT2D eigenvalue weighted by Gasteiger charge is -2.27. The first-order valence-electron chi connectivity index (χ1n) is 16.4. The van der Waals surface area contributed by atoms with E-state index in [0.717, 1.165) is 22.7 Å². The molecule has 0 saturated heterocycles. The van der Waals surface area contributed by atoms with Crippen LogP contribution in [0, 0.1) is 0 Å². The Bertz CT molecular complexity index is 2540. The lowest BCUT2D eigenvalue weighted by molar-refractivity contribution is 1.18. The van der Waals surface area contributed by atoms with E-state index in [2.05, 4.69) is 204 Å². The van der Waals surface area contributed by atoms with Crippen LogP contribution in [0.5, 0.6) is 0 Å². The van der Waals surface area contributed by atoms with Gasteiger partial charge in [-0.2, -0.15) is 0 Å². The van der Waals surface area contributed by atoms with Gasteiger partial charge in [0, 0.05) is 33.2 Å². The van der Waals surface area contributed by atoms with E-state index in [9.17, 15) is 0 Å². The third kappa shape index (κ3) is 4.83. The largest absolute Gasteiger partial charge is 0.310 e. The van der Waals surface area contributed by atoms with Gasteiger partial charge in [-0.25, -0.2) is 0 Å². The van der Waals surface area contributed by atoms with Crippen LogP contribution in [0.3, 0.4) is 0 Å². The van der Waals surface area contributed by atoms with Crippen molar-refractivity contribution in [3.8, 4) is 27.9 Å². The molecular formula is C46H32N2. The second-order valence-corrected chi connectivity index (χ2v) is 12.2. The molecule has 0 aliphatic rings. The maximum atomic E-state index is 2.39. The summed E-state index contributed by atoms with van der Waals surface area (Å²) in [6, 6.07) is 69.8. The summed E-state index contributed by atoms with van der Waals surface area (Å²) < 4.78 is 2.39. The average Bonchev–Trinajstić information content (AvgIpc) is 3.50. The lowest BCUT2D eigenvalue weighted by atomic mass is 10.0. The van der Waals surface area contributed by atoms with Gasteiger partial charge in [0.25, 0.3) is 0 Å². The molecule has 0 bridgehead atoms. The topological polar surface area (TPSA) is 8.17 Å². The first-order valence-corrected chi connectivity index (χ1v) is 16.4. The maximum absolute atomic E-state index is 2.39. The van der Waals surface area contributed by atoms with Gasteiger partial charge in [0.2, 0.25) is 0 Å². The fraction of sp³-hybridized carbons (Fsp3) is 0. The molecule has 0 atom stereocenters. The van der Waals surface area contributed by atoms with Crippen LogP contribution in [0.2, 0.25) is 0 Å². The van der Waals surface area contributed by atoms with Crippen LogP contribution < -0.4 is 4.90 Å². The van der Waals surface area contributed by atoms with Crippen molar-refractivity contribution in [1.29, 1.82) is 0 Å². The Balaban J connectivity index is 1.14. The predicted octanol–water partition coefficient (Wildman–Crippen LogP) is 12.7. The summed E-state index contributed by atoms with van der Waals surface area (Å²) in [4.78, 5) is 2.35. The summed E-state index contributed by atoms with van der Waals surface area (Å²) in [5, 5.41) is 4.96. The molecule has 0 amide bonds. The Morgan fingerprint density at radius 3 is 1.73 bits per heavy atom. The Hall–Kier alpha value is -6.38. The third-order valence-corrected chi connectivity index (χ3v) is 9.36. The molecule has 8 aromatic carbocycles. The third-order valence-electron chi connectivity index (χ3n) is 9.36. The summed E-state index contributed by atoms with van der Waals surface area (Å²) in [6.45, 7) is 0. The van der Waals surface area contributed by atoms with E-state index in [0.29, 0.717) is 0 Å². The average molecular weight is 613 g/mol. The zero-order valence-electron chi connectivity index (χ0n) is 26.4. The van der Waals surface area contributed by atoms with Crippen LogP contribution in [-0.2, 0) is 0 Å². The van der Waals surface area contributed by atoms with Gasteiger partial charge in [-0.3, -0.25) is 0 Å². The van der Waals surface area contributed by atoms with Gasteiger partial charge in [0.05, 0.1) is 16.7 Å². The van der Waals surface area contributed by atoms with Crippen LogP contribution in [0.1, 0.15) is 0 Å². The first kappa shape index (κ1) is 27.9. The maximum Gasteiger partial charge on any atom is 0.0541 e. The molecule has 0 fully saturated rings. The summed E-state index contributed by atoms with van der Waals surface area (Å²) in [5.74, 6) is 0. The Morgan fingerprint density at radius 1 is 0.333 bits per heavy atom. The highest BCUT2D eigenvalue weighted by molar-refractivity contribution is 6.10. The van der Waals surface area contributed by atoms with Gasteiger partial charge in [-0.05, 0) is 88.3 Å². The van der Waals surface area contributed by atoms with Crippen LogP contribution in [0.4, 0.5) is 17.1 Å². The molecule has 1 heterocycles. The molecule has 0 saturated carbocycles. The van der Waals surface area contributed by atoms with Gasteiger partial charge in [-0.15, -0.1) is 0 Å². The van der Waals surface area contributed by atoms with Gasteiger partial charge >= 0.3 is 0 Å². The molecule has 0 aliphatic carbocycles. The Morgan fingerprint density at radius 2 is 0.896 bits per heavy atom. The lowest BCUT2D eigenvalue weighted by Crippen LogP contribution is -2.10. The summed E-state index contributed by atoms with van der Waals surface area (Å²) >= 11 is 0. The zero-order valence-corrected chi connectivity index (χ0v) is 26.4. The van der Waals surface area contributed by atoms with Crippen LogP contribution in [0.25, 0.3) is 60.5 Å². The quantitative estimate of drug-likeness (QED) is 0.181. The SMILES string of the molecule is c1ccc(-c2cccc(-n3c4ccccc4c4cc(-c5ccc(N(c6ccccc6)c6cccc7ccccc67)cc5)ccc43)c2)cc1. The standard InChI is InChI=1S/C46H32N2/c1-3-13-33(14-4-1)36-17-11-20-40(31-36)48-45-23-10-9-22-42(45)43-32-37(27-30-46(43)48)34-25-28-39(29-26-34)47(38-18-5-2-6-19-38)44-24-12-16-35-15-7-8-21-41(35)44/h1-32H. The minimum atomic E-state index is 1.12. The number of nitrogens with zero attached hydrogens (tertiary/aromatic N) is 2. The molecule has 2 nitrogen and oxygen atoms in total. The number of rotatable bonds is 6. The number of hydrogen-bond acceptors (Lipinski definition) is 1. The van der Waals surface area contributed by atoms with Gasteiger partial charge in [0.15, 0.2) is 0 Å². The molecular weight excluding hydrogens is 581 g/mol. The van der Waals surface area contributed by atoms with Crippen molar-refractivity contribution in [3.63, 3.8) is 0 Å². The number of hydrogen-bond donors (Lipinski definition) is 0. The zero-order chi connectivity index (χ0) is 31.9.